The summed E-state index contributed by atoms with van der Waals surface area (Å²) < 4.78 is 1.86. The van der Waals surface area contributed by atoms with Crippen molar-refractivity contribution in [1.82, 2.24) is 14.7 Å². The first-order valence-corrected chi connectivity index (χ1v) is 6.17. The number of aryl methyl sites for hydroxylation is 1. The zero-order valence-electron chi connectivity index (χ0n) is 9.69. The first-order chi connectivity index (χ1) is 7.70. The van der Waals surface area contributed by atoms with Crippen LogP contribution in [0.2, 0.25) is 5.02 Å². The van der Waals surface area contributed by atoms with Gasteiger partial charge in [-0.3, -0.25) is 9.58 Å². The number of aromatic nitrogens is 2. The molecule has 1 unspecified atom stereocenters. The lowest BCUT2D eigenvalue weighted by molar-refractivity contribution is 0.167. The van der Waals surface area contributed by atoms with Crippen molar-refractivity contribution in [3.63, 3.8) is 0 Å². The van der Waals surface area contributed by atoms with Crippen molar-refractivity contribution in [2.45, 2.75) is 19.4 Å². The molecule has 0 radical (unpaired) electrons. The van der Waals surface area contributed by atoms with E-state index in [9.17, 15) is 0 Å². The molecule has 16 heavy (non-hydrogen) atoms. The molecule has 0 saturated carbocycles. The average molecular weight is 243 g/mol. The van der Waals surface area contributed by atoms with Crippen LogP contribution in [0.1, 0.15) is 18.5 Å². The van der Waals surface area contributed by atoms with Gasteiger partial charge in [-0.25, -0.2) is 0 Å². The molecule has 0 aliphatic carbocycles. The molecule has 1 atom stereocenters. The number of hydrogen-bond donors (Lipinski definition) is 1. The molecule has 1 aromatic heterocycles. The molecule has 0 bridgehead atoms. The van der Waals surface area contributed by atoms with Gasteiger partial charge in [0.15, 0.2) is 0 Å². The van der Waals surface area contributed by atoms with Crippen LogP contribution in [0, 0.1) is 5.92 Å². The van der Waals surface area contributed by atoms with Crippen molar-refractivity contribution >= 4 is 11.6 Å². The minimum absolute atomic E-state index is 0.640. The van der Waals surface area contributed by atoms with E-state index in [4.69, 9.17) is 17.3 Å². The van der Waals surface area contributed by atoms with Crippen LogP contribution in [0.4, 0.5) is 0 Å². The highest BCUT2D eigenvalue weighted by Crippen LogP contribution is 2.21. The molecule has 0 amide bonds. The molecule has 1 saturated heterocycles. The van der Waals surface area contributed by atoms with Crippen molar-refractivity contribution in [3.8, 4) is 0 Å². The Morgan fingerprint density at radius 2 is 2.44 bits per heavy atom. The van der Waals surface area contributed by atoms with E-state index < -0.39 is 0 Å². The lowest BCUT2D eigenvalue weighted by atomic mass is 9.98. The summed E-state index contributed by atoms with van der Waals surface area (Å²) in [5, 5.41) is 4.92. The van der Waals surface area contributed by atoms with Crippen LogP contribution in [0.5, 0.6) is 0 Å². The lowest BCUT2D eigenvalue weighted by Crippen LogP contribution is -2.38. The summed E-state index contributed by atoms with van der Waals surface area (Å²) in [6, 6.07) is 0. The van der Waals surface area contributed by atoms with Crippen molar-refractivity contribution in [2.75, 3.05) is 19.6 Å². The molecular weight excluding hydrogens is 224 g/mol. The Bertz CT molecular complexity index is 330. The summed E-state index contributed by atoms with van der Waals surface area (Å²) >= 11 is 6.10. The van der Waals surface area contributed by atoms with Gasteiger partial charge in [0.2, 0.25) is 0 Å². The molecule has 1 aliphatic heterocycles. The predicted octanol–water partition coefficient (Wildman–Crippen LogP) is 1.24. The zero-order valence-corrected chi connectivity index (χ0v) is 10.5. The summed E-state index contributed by atoms with van der Waals surface area (Å²) in [4.78, 5) is 2.42. The van der Waals surface area contributed by atoms with Crippen molar-refractivity contribution < 1.29 is 0 Å². The highest BCUT2D eigenvalue weighted by Gasteiger charge is 2.20. The predicted molar refractivity (Wildman–Crippen MR) is 65.3 cm³/mol. The number of hydrogen-bond acceptors (Lipinski definition) is 3. The highest BCUT2D eigenvalue weighted by molar-refractivity contribution is 6.31. The van der Waals surface area contributed by atoms with Gasteiger partial charge in [0.25, 0.3) is 0 Å². The van der Waals surface area contributed by atoms with E-state index in [-0.39, 0.29) is 0 Å². The van der Waals surface area contributed by atoms with E-state index in [1.54, 1.807) is 6.20 Å². The summed E-state index contributed by atoms with van der Waals surface area (Å²) in [6.45, 7) is 3.89. The second-order valence-electron chi connectivity index (χ2n) is 4.54. The Labute approximate surface area is 101 Å². The third kappa shape index (κ3) is 2.56. The van der Waals surface area contributed by atoms with Gasteiger partial charge in [-0.2, -0.15) is 5.10 Å². The second kappa shape index (κ2) is 5.17. The fraction of sp³-hybridized carbons (Fsp3) is 0.727. The van der Waals surface area contributed by atoms with Crippen molar-refractivity contribution in [3.05, 3.63) is 16.9 Å². The summed E-state index contributed by atoms with van der Waals surface area (Å²) in [5.41, 5.74) is 6.82. The average Bonchev–Trinajstić information content (AvgIpc) is 2.61. The molecule has 0 aromatic carbocycles. The normalized spacial score (nSPS) is 22.6. The summed E-state index contributed by atoms with van der Waals surface area (Å²) in [7, 11) is 1.94. The van der Waals surface area contributed by atoms with Crippen molar-refractivity contribution in [2.24, 2.45) is 18.7 Å². The van der Waals surface area contributed by atoms with Gasteiger partial charge < -0.3 is 5.73 Å². The quantitative estimate of drug-likeness (QED) is 0.868. The molecule has 1 fully saturated rings. The fourth-order valence-corrected chi connectivity index (χ4v) is 2.54. The molecule has 2 heterocycles. The third-order valence-corrected chi connectivity index (χ3v) is 3.64. The van der Waals surface area contributed by atoms with Crippen LogP contribution in [0.3, 0.4) is 0 Å². The Kier molecular flexibility index (Phi) is 3.84. The fourth-order valence-electron chi connectivity index (χ4n) is 2.31. The Hall–Kier alpha value is -0.580. The smallest absolute Gasteiger partial charge is 0.0831 e. The number of nitrogens with zero attached hydrogens (tertiary/aromatic N) is 3. The van der Waals surface area contributed by atoms with Gasteiger partial charge in [-0.05, 0) is 31.8 Å². The number of halogens is 1. The lowest BCUT2D eigenvalue weighted by Gasteiger charge is -2.32. The first-order valence-electron chi connectivity index (χ1n) is 5.79. The molecule has 1 aromatic rings. The highest BCUT2D eigenvalue weighted by atomic mass is 35.5. The molecule has 2 N–H and O–H groups in total. The molecule has 5 heteroatoms. The summed E-state index contributed by atoms with van der Waals surface area (Å²) in [6.07, 6.45) is 4.20. The second-order valence-corrected chi connectivity index (χ2v) is 4.95. The summed E-state index contributed by atoms with van der Waals surface area (Å²) in [5.74, 6) is 0.640. The third-order valence-electron chi connectivity index (χ3n) is 3.32. The van der Waals surface area contributed by atoms with Gasteiger partial charge in [0.05, 0.1) is 16.9 Å². The molecule has 0 spiro atoms. The van der Waals surface area contributed by atoms with Gasteiger partial charge in [-0.1, -0.05) is 11.6 Å². The number of rotatable bonds is 3. The van der Waals surface area contributed by atoms with E-state index in [1.165, 1.54) is 12.8 Å². The van der Waals surface area contributed by atoms with E-state index in [0.717, 1.165) is 36.9 Å². The minimum atomic E-state index is 0.640. The maximum Gasteiger partial charge on any atom is 0.0831 e. The molecular formula is C11H19ClN4. The van der Waals surface area contributed by atoms with Gasteiger partial charge in [0, 0.05) is 20.1 Å². The maximum absolute atomic E-state index is 6.10. The van der Waals surface area contributed by atoms with E-state index in [2.05, 4.69) is 10.00 Å². The van der Waals surface area contributed by atoms with Gasteiger partial charge in [0.1, 0.15) is 0 Å². The molecule has 90 valence electrons. The molecule has 1 aliphatic rings. The van der Waals surface area contributed by atoms with E-state index in [0.29, 0.717) is 5.92 Å². The van der Waals surface area contributed by atoms with Crippen LogP contribution in [0.15, 0.2) is 6.20 Å². The standard InChI is InChI=1S/C11H19ClN4/c1-15-11(10(12)6-14-15)8-16-4-2-3-9(5-13)7-16/h6,9H,2-5,7-8,13H2,1H3. The minimum Gasteiger partial charge on any atom is -0.330 e. The topological polar surface area (TPSA) is 47.1 Å². The Balaban J connectivity index is 1.99. The van der Waals surface area contributed by atoms with Crippen LogP contribution < -0.4 is 5.73 Å². The van der Waals surface area contributed by atoms with Gasteiger partial charge in [-0.15, -0.1) is 0 Å². The monoisotopic (exact) mass is 242 g/mol. The van der Waals surface area contributed by atoms with Gasteiger partial charge >= 0.3 is 0 Å². The number of nitrogens with two attached hydrogens (primary N) is 1. The Morgan fingerprint density at radius 1 is 1.62 bits per heavy atom. The Morgan fingerprint density at radius 3 is 3.06 bits per heavy atom. The largest absolute Gasteiger partial charge is 0.330 e. The SMILES string of the molecule is Cn1ncc(Cl)c1CN1CCCC(CN)C1. The molecule has 2 rings (SSSR count). The number of likely N-dealkylation sites (tertiary alicyclic amines) is 1. The molecule has 4 nitrogen and oxygen atoms in total. The van der Waals surface area contributed by atoms with E-state index in [1.807, 2.05) is 11.7 Å². The number of piperidine rings is 1. The van der Waals surface area contributed by atoms with E-state index >= 15 is 0 Å². The van der Waals surface area contributed by atoms with Crippen LogP contribution in [-0.2, 0) is 13.6 Å². The first kappa shape index (κ1) is 11.9. The van der Waals surface area contributed by atoms with Crippen LogP contribution in [0.25, 0.3) is 0 Å². The maximum atomic E-state index is 6.10. The zero-order chi connectivity index (χ0) is 11.5. The van der Waals surface area contributed by atoms with Crippen LogP contribution in [-0.4, -0.2) is 34.3 Å². The van der Waals surface area contributed by atoms with Crippen LogP contribution >= 0.6 is 11.6 Å². The van der Waals surface area contributed by atoms with Crippen molar-refractivity contribution in [1.29, 1.82) is 0 Å².